The van der Waals surface area contributed by atoms with E-state index in [1.54, 1.807) is 0 Å². The van der Waals surface area contributed by atoms with Crippen LogP contribution in [0.3, 0.4) is 0 Å². The average Bonchev–Trinajstić information content (AvgIpc) is 2.53. The molecule has 0 saturated carbocycles. The number of halogens is 1. The molecule has 3 nitrogen and oxygen atoms in total. The maximum Gasteiger partial charge on any atom is 0.145 e. The Morgan fingerprint density at radius 1 is 1.38 bits per heavy atom. The van der Waals surface area contributed by atoms with Crippen LogP contribution in [0.15, 0.2) is 29.4 Å². The van der Waals surface area contributed by atoms with E-state index < -0.39 is 6.23 Å². The van der Waals surface area contributed by atoms with Gasteiger partial charge in [0, 0.05) is 11.4 Å². The highest BCUT2D eigenvalue weighted by Crippen LogP contribution is 2.14. The first kappa shape index (κ1) is 8.53. The van der Waals surface area contributed by atoms with E-state index in [-0.39, 0.29) is 0 Å². The molecule has 0 radical (unpaired) electrons. The summed E-state index contributed by atoms with van der Waals surface area (Å²) >= 11 is 5.74. The molecule has 0 amide bonds. The van der Waals surface area contributed by atoms with Crippen molar-refractivity contribution < 1.29 is 5.11 Å². The average molecular weight is 197 g/mol. The second-order valence-electron chi connectivity index (χ2n) is 2.91. The van der Waals surface area contributed by atoms with Gasteiger partial charge in [-0.2, -0.15) is 5.10 Å². The zero-order valence-corrected chi connectivity index (χ0v) is 7.62. The summed E-state index contributed by atoms with van der Waals surface area (Å²) in [4.78, 5) is 0. The van der Waals surface area contributed by atoms with Crippen LogP contribution in [0.1, 0.15) is 12.0 Å². The Morgan fingerprint density at radius 3 is 2.62 bits per heavy atom. The number of aliphatic hydroxyl groups excluding tert-OH is 1. The van der Waals surface area contributed by atoms with E-state index in [1.807, 2.05) is 24.3 Å². The summed E-state index contributed by atoms with van der Waals surface area (Å²) < 4.78 is 0. The van der Waals surface area contributed by atoms with E-state index in [0.29, 0.717) is 11.4 Å². The molecule has 1 aromatic carbocycles. The molecule has 1 heterocycles. The van der Waals surface area contributed by atoms with E-state index in [2.05, 4.69) is 10.5 Å². The van der Waals surface area contributed by atoms with E-state index >= 15 is 0 Å². The van der Waals surface area contributed by atoms with Gasteiger partial charge in [-0.3, -0.25) is 5.43 Å². The lowest BCUT2D eigenvalue weighted by Gasteiger charge is -1.99. The zero-order chi connectivity index (χ0) is 9.26. The molecule has 0 fully saturated rings. The summed E-state index contributed by atoms with van der Waals surface area (Å²) in [5.74, 6) is 0. The molecule has 68 valence electrons. The number of aliphatic hydroxyl groups is 1. The van der Waals surface area contributed by atoms with Gasteiger partial charge in [0.05, 0.1) is 5.71 Å². The molecule has 0 saturated heterocycles. The van der Waals surface area contributed by atoms with Crippen LogP contribution >= 0.6 is 11.6 Å². The number of rotatable bonds is 1. The lowest BCUT2D eigenvalue weighted by molar-refractivity contribution is 0.158. The Labute approximate surface area is 81.0 Å². The molecule has 1 aliphatic heterocycles. The maximum atomic E-state index is 9.16. The fraction of sp³-hybridized carbons (Fsp3) is 0.222. The fourth-order valence-electron chi connectivity index (χ4n) is 1.25. The maximum absolute atomic E-state index is 9.16. The van der Waals surface area contributed by atoms with Crippen molar-refractivity contribution in [2.75, 3.05) is 0 Å². The number of hydrogen-bond acceptors (Lipinski definition) is 3. The van der Waals surface area contributed by atoms with E-state index in [9.17, 15) is 0 Å². The van der Waals surface area contributed by atoms with Gasteiger partial charge < -0.3 is 5.11 Å². The van der Waals surface area contributed by atoms with Gasteiger partial charge in [-0.15, -0.1) is 0 Å². The first-order chi connectivity index (χ1) is 6.25. The van der Waals surface area contributed by atoms with E-state index in [0.717, 1.165) is 11.3 Å². The standard InChI is InChI=1S/C9H9ClN2O/c10-7-3-1-6(2-4-7)8-5-9(13)12-11-8/h1-4,9,12-13H,5H2. The highest BCUT2D eigenvalue weighted by atomic mass is 35.5. The number of benzene rings is 1. The van der Waals surface area contributed by atoms with Gasteiger partial charge in [-0.1, -0.05) is 23.7 Å². The van der Waals surface area contributed by atoms with Crippen LogP contribution in [0.4, 0.5) is 0 Å². The lowest BCUT2D eigenvalue weighted by atomic mass is 10.1. The van der Waals surface area contributed by atoms with Crippen LogP contribution in [-0.2, 0) is 0 Å². The summed E-state index contributed by atoms with van der Waals surface area (Å²) in [5.41, 5.74) is 4.45. The van der Waals surface area contributed by atoms with Crippen molar-refractivity contribution in [1.82, 2.24) is 5.43 Å². The molecule has 1 unspecified atom stereocenters. The zero-order valence-electron chi connectivity index (χ0n) is 6.87. The van der Waals surface area contributed by atoms with Crippen LogP contribution < -0.4 is 5.43 Å². The molecular formula is C9H9ClN2O. The second kappa shape index (κ2) is 3.36. The highest BCUT2D eigenvalue weighted by molar-refractivity contribution is 6.30. The molecule has 0 bridgehead atoms. The molecule has 0 aromatic heterocycles. The van der Waals surface area contributed by atoms with E-state index in [4.69, 9.17) is 16.7 Å². The van der Waals surface area contributed by atoms with Crippen LogP contribution in [0.2, 0.25) is 5.02 Å². The van der Waals surface area contributed by atoms with Gasteiger partial charge in [0.25, 0.3) is 0 Å². The molecule has 2 rings (SSSR count). The van der Waals surface area contributed by atoms with Gasteiger partial charge in [0.15, 0.2) is 0 Å². The third kappa shape index (κ3) is 1.82. The Kier molecular flexibility index (Phi) is 2.20. The summed E-state index contributed by atoms with van der Waals surface area (Å²) in [6.45, 7) is 0. The molecule has 1 aliphatic rings. The minimum absolute atomic E-state index is 0.543. The number of nitrogens with one attached hydrogen (secondary N) is 1. The van der Waals surface area contributed by atoms with Crippen molar-refractivity contribution >= 4 is 17.3 Å². The summed E-state index contributed by atoms with van der Waals surface area (Å²) in [7, 11) is 0. The molecule has 0 aliphatic carbocycles. The summed E-state index contributed by atoms with van der Waals surface area (Å²) in [6, 6.07) is 7.40. The summed E-state index contributed by atoms with van der Waals surface area (Å²) in [5, 5.41) is 13.9. The molecular weight excluding hydrogens is 188 g/mol. The van der Waals surface area contributed by atoms with Crippen molar-refractivity contribution in [3.63, 3.8) is 0 Å². The van der Waals surface area contributed by atoms with Gasteiger partial charge in [-0.05, 0) is 17.7 Å². The monoisotopic (exact) mass is 196 g/mol. The normalized spacial score (nSPS) is 21.1. The third-order valence-corrected chi connectivity index (χ3v) is 2.16. The predicted molar refractivity (Wildman–Crippen MR) is 51.7 cm³/mol. The van der Waals surface area contributed by atoms with Gasteiger partial charge in [-0.25, -0.2) is 0 Å². The van der Waals surface area contributed by atoms with Crippen molar-refractivity contribution in [2.24, 2.45) is 5.10 Å². The van der Waals surface area contributed by atoms with Crippen LogP contribution in [0.25, 0.3) is 0 Å². The van der Waals surface area contributed by atoms with Crippen LogP contribution in [0.5, 0.6) is 0 Å². The highest BCUT2D eigenvalue weighted by Gasteiger charge is 2.16. The smallest absolute Gasteiger partial charge is 0.145 e. The molecule has 4 heteroatoms. The Hall–Kier alpha value is -1.06. The van der Waals surface area contributed by atoms with Crippen LogP contribution in [-0.4, -0.2) is 17.0 Å². The van der Waals surface area contributed by atoms with Crippen molar-refractivity contribution in [2.45, 2.75) is 12.6 Å². The fourth-order valence-corrected chi connectivity index (χ4v) is 1.38. The van der Waals surface area contributed by atoms with Crippen molar-refractivity contribution in [3.05, 3.63) is 34.9 Å². The molecule has 1 atom stereocenters. The predicted octanol–water partition coefficient (Wildman–Crippen LogP) is 1.36. The Bertz CT molecular complexity index is 334. The Morgan fingerprint density at radius 2 is 2.08 bits per heavy atom. The topological polar surface area (TPSA) is 44.6 Å². The number of hydrogen-bond donors (Lipinski definition) is 2. The minimum atomic E-state index is -0.550. The summed E-state index contributed by atoms with van der Waals surface area (Å²) in [6.07, 6.45) is -0.00701. The number of hydrazone groups is 1. The molecule has 13 heavy (non-hydrogen) atoms. The molecule has 2 N–H and O–H groups in total. The quantitative estimate of drug-likeness (QED) is 0.713. The first-order valence-corrected chi connectivity index (χ1v) is 4.39. The molecule has 0 spiro atoms. The minimum Gasteiger partial charge on any atom is -0.372 e. The third-order valence-electron chi connectivity index (χ3n) is 1.91. The number of nitrogens with zero attached hydrogens (tertiary/aromatic N) is 1. The van der Waals surface area contributed by atoms with Gasteiger partial charge in [0.1, 0.15) is 6.23 Å². The van der Waals surface area contributed by atoms with Gasteiger partial charge >= 0.3 is 0 Å². The lowest BCUT2D eigenvalue weighted by Crippen LogP contribution is -2.17. The SMILES string of the molecule is OC1CC(c2ccc(Cl)cc2)=NN1. The molecule has 1 aromatic rings. The largest absolute Gasteiger partial charge is 0.372 e. The van der Waals surface area contributed by atoms with Crippen molar-refractivity contribution in [1.29, 1.82) is 0 Å². The second-order valence-corrected chi connectivity index (χ2v) is 3.35. The Balaban J connectivity index is 2.22. The van der Waals surface area contributed by atoms with E-state index in [1.165, 1.54) is 0 Å². The van der Waals surface area contributed by atoms with Crippen LogP contribution in [0, 0.1) is 0 Å². The first-order valence-electron chi connectivity index (χ1n) is 4.02. The van der Waals surface area contributed by atoms with Crippen molar-refractivity contribution in [3.8, 4) is 0 Å². The van der Waals surface area contributed by atoms with Gasteiger partial charge in [0.2, 0.25) is 0 Å².